The standard InChI is InChI=1S/C14H5F3N2O6S.Re/c15-14(16,17)10-2-1-3-18-12(10)11-8(5-21)7(4-20)9(6-22)13(19-11)26(23,24)25;/h1-3,13H,(H,23,24,25);/q;+1/p-1. The number of rotatable bonds is 2. The normalized spacial score (nSPS) is 17.3. The maximum absolute atomic E-state index is 13.2. The average Bonchev–Trinajstić information content (AvgIpc) is 2.57. The van der Waals surface area contributed by atoms with Gasteiger partial charge in [-0.15, -0.1) is 0 Å². The van der Waals surface area contributed by atoms with Gasteiger partial charge in [0.05, 0.1) is 16.7 Å². The van der Waals surface area contributed by atoms with Crippen molar-refractivity contribution in [2.75, 3.05) is 0 Å². The minimum atomic E-state index is -5.44. The quantitative estimate of drug-likeness (QED) is 0.362. The summed E-state index contributed by atoms with van der Waals surface area (Å²) in [7, 11) is -5.44. The van der Waals surface area contributed by atoms with Crippen molar-refractivity contribution in [1.82, 2.24) is 4.98 Å². The molecule has 0 amide bonds. The summed E-state index contributed by atoms with van der Waals surface area (Å²) in [4.78, 5) is 39.8. The molecule has 140 valence electrons. The largest absolute Gasteiger partial charge is 1.00 e. The molecule has 0 radical (unpaired) electrons. The van der Waals surface area contributed by atoms with E-state index < -0.39 is 55.4 Å². The van der Waals surface area contributed by atoms with Crippen LogP contribution in [0.25, 0.3) is 0 Å². The van der Waals surface area contributed by atoms with E-state index in [0.717, 1.165) is 30.1 Å². The van der Waals surface area contributed by atoms with Gasteiger partial charge in [-0.3, -0.25) is 9.98 Å². The fourth-order valence-corrected chi connectivity index (χ4v) is 2.83. The molecule has 27 heavy (non-hydrogen) atoms. The summed E-state index contributed by atoms with van der Waals surface area (Å²) in [5, 5.41) is -2.59. The molecule has 0 aromatic carbocycles. The first-order chi connectivity index (χ1) is 12.1. The van der Waals surface area contributed by atoms with Crippen molar-refractivity contribution >= 4 is 33.7 Å². The molecule has 0 saturated heterocycles. The van der Waals surface area contributed by atoms with Crippen molar-refractivity contribution in [3.8, 4) is 0 Å². The second kappa shape index (κ2) is 8.05. The monoisotopic (exact) mass is 572 g/mol. The number of hydrogen-bond acceptors (Lipinski definition) is 8. The van der Waals surface area contributed by atoms with Crippen LogP contribution < -0.4 is 0 Å². The van der Waals surface area contributed by atoms with Crippen molar-refractivity contribution in [1.29, 1.82) is 0 Å². The van der Waals surface area contributed by atoms with E-state index >= 15 is 0 Å². The number of nitrogens with zero attached hydrogens (tertiary/aromatic N) is 2. The van der Waals surface area contributed by atoms with E-state index in [-0.39, 0.29) is 20.4 Å². The summed E-state index contributed by atoms with van der Waals surface area (Å²) in [5.41, 5.74) is -6.70. The van der Waals surface area contributed by atoms with Crippen LogP contribution in [-0.2, 0) is 51.1 Å². The van der Waals surface area contributed by atoms with Crippen molar-refractivity contribution < 1.29 is 60.9 Å². The maximum Gasteiger partial charge on any atom is 1.00 e. The summed E-state index contributed by atoms with van der Waals surface area (Å²) in [6, 6.07) is 1.47. The molecule has 1 aromatic rings. The molecule has 1 aromatic heterocycles. The minimum Gasteiger partial charge on any atom is -0.746 e. The van der Waals surface area contributed by atoms with E-state index in [2.05, 4.69) is 9.98 Å². The molecule has 0 saturated carbocycles. The van der Waals surface area contributed by atoms with Gasteiger partial charge < -0.3 is 4.55 Å². The van der Waals surface area contributed by atoms with E-state index in [9.17, 15) is 40.5 Å². The zero-order valence-electron chi connectivity index (χ0n) is 12.6. The zero-order chi connectivity index (χ0) is 19.7. The zero-order valence-corrected chi connectivity index (χ0v) is 16.1. The molecule has 1 aliphatic heterocycles. The summed E-state index contributed by atoms with van der Waals surface area (Å²) in [6.45, 7) is 0. The Bertz CT molecular complexity index is 1080. The van der Waals surface area contributed by atoms with Gasteiger partial charge in [-0.05, 0) is 12.1 Å². The molecule has 0 fully saturated rings. The number of alkyl halides is 3. The molecule has 2 heterocycles. The van der Waals surface area contributed by atoms with Gasteiger partial charge in [0.25, 0.3) is 0 Å². The first-order valence-electron chi connectivity index (χ1n) is 6.37. The van der Waals surface area contributed by atoms with Gasteiger partial charge in [-0.1, -0.05) is 0 Å². The summed E-state index contributed by atoms with van der Waals surface area (Å²) in [6.07, 6.45) is -4.11. The summed E-state index contributed by atoms with van der Waals surface area (Å²) < 4.78 is 73.4. The molecule has 13 heteroatoms. The maximum atomic E-state index is 13.2. The molecule has 0 aliphatic carbocycles. The number of aliphatic imine (C=N–C) groups is 1. The molecule has 1 atom stereocenters. The van der Waals surface area contributed by atoms with Crippen LogP contribution >= 0.6 is 0 Å². The van der Waals surface area contributed by atoms with Gasteiger partial charge in [0.15, 0.2) is 5.37 Å². The Hall–Kier alpha value is -2.47. The van der Waals surface area contributed by atoms with E-state index in [1.54, 1.807) is 0 Å². The number of halogens is 3. The van der Waals surface area contributed by atoms with Gasteiger partial charge in [0.2, 0.25) is 0 Å². The predicted octanol–water partition coefficient (Wildman–Crippen LogP) is 0.0459. The molecule has 1 unspecified atom stereocenters. The Morgan fingerprint density at radius 3 is 2.11 bits per heavy atom. The van der Waals surface area contributed by atoms with Crippen LogP contribution in [-0.4, -0.2) is 46.9 Å². The first-order valence-corrected chi connectivity index (χ1v) is 7.84. The fourth-order valence-electron chi connectivity index (χ4n) is 2.14. The Labute approximate surface area is 162 Å². The first kappa shape index (κ1) is 22.6. The van der Waals surface area contributed by atoms with Crippen molar-refractivity contribution in [2.45, 2.75) is 11.6 Å². The summed E-state index contributed by atoms with van der Waals surface area (Å²) in [5.74, 6) is 3.12. The molecular formula is C14H4F3N2O6ReS. The third-order valence-electron chi connectivity index (χ3n) is 3.17. The van der Waals surface area contributed by atoms with E-state index in [0.29, 0.717) is 6.07 Å². The van der Waals surface area contributed by atoms with E-state index in [1.807, 2.05) is 0 Å². The molecular weight excluding hydrogens is 567 g/mol. The second-order valence-electron chi connectivity index (χ2n) is 4.69. The SMILES string of the molecule is O=C=C1C(=C=O)C(c2ncccc2C(F)(F)F)=NC(S(=O)(=O)[O-])C1=C=O.[Re+]. The number of pyridine rings is 1. The minimum absolute atomic E-state index is 0. The Kier molecular flexibility index (Phi) is 6.73. The van der Waals surface area contributed by atoms with E-state index in [4.69, 9.17) is 0 Å². The fraction of sp³-hybridized carbons (Fsp3) is 0.143. The average molecular weight is 571 g/mol. The molecule has 0 bridgehead atoms. The number of aromatic nitrogens is 1. The van der Waals surface area contributed by atoms with Crippen LogP contribution in [0, 0.1) is 0 Å². The van der Waals surface area contributed by atoms with Crippen LogP contribution in [0.3, 0.4) is 0 Å². The Morgan fingerprint density at radius 2 is 1.67 bits per heavy atom. The van der Waals surface area contributed by atoms with Gasteiger partial charge in [0.1, 0.15) is 44.9 Å². The van der Waals surface area contributed by atoms with Crippen molar-refractivity contribution in [2.24, 2.45) is 4.99 Å². The number of allylic oxidation sites excluding steroid dienone is 1. The third kappa shape index (κ3) is 4.27. The van der Waals surface area contributed by atoms with E-state index in [1.165, 1.54) is 0 Å². The predicted molar refractivity (Wildman–Crippen MR) is 76.9 cm³/mol. The van der Waals surface area contributed by atoms with Crippen LogP contribution in [0.5, 0.6) is 0 Å². The Morgan fingerprint density at radius 1 is 1.07 bits per heavy atom. The van der Waals surface area contributed by atoms with Crippen LogP contribution in [0.4, 0.5) is 13.2 Å². The number of hydrogen-bond donors (Lipinski definition) is 0. The third-order valence-corrected chi connectivity index (χ3v) is 4.06. The topological polar surface area (TPSA) is 134 Å². The molecule has 0 spiro atoms. The van der Waals surface area contributed by atoms with Gasteiger partial charge in [-0.25, -0.2) is 22.8 Å². The smallest absolute Gasteiger partial charge is 0.746 e. The van der Waals surface area contributed by atoms with Crippen LogP contribution in [0.15, 0.2) is 40.0 Å². The van der Waals surface area contributed by atoms with Crippen molar-refractivity contribution in [3.05, 3.63) is 46.3 Å². The van der Waals surface area contributed by atoms with Crippen LogP contribution in [0.2, 0.25) is 0 Å². The molecule has 0 N–H and O–H groups in total. The molecule has 2 rings (SSSR count). The molecule has 1 aliphatic rings. The summed E-state index contributed by atoms with van der Waals surface area (Å²) >= 11 is 0. The van der Waals surface area contributed by atoms with Crippen molar-refractivity contribution in [3.63, 3.8) is 0 Å². The van der Waals surface area contributed by atoms with Gasteiger partial charge in [0, 0.05) is 6.20 Å². The van der Waals surface area contributed by atoms with Crippen LogP contribution in [0.1, 0.15) is 11.3 Å². The second-order valence-corrected chi connectivity index (χ2v) is 6.12. The Balaban J connectivity index is 0.00000364. The molecule has 8 nitrogen and oxygen atoms in total. The number of carbonyl (C=O) groups excluding carboxylic acids is 3. The van der Waals surface area contributed by atoms with Gasteiger partial charge in [-0.2, -0.15) is 13.2 Å². The van der Waals surface area contributed by atoms with Gasteiger partial charge >= 0.3 is 26.6 Å².